The molecule has 9 heteroatoms. The van der Waals surface area contributed by atoms with Gasteiger partial charge in [0.15, 0.2) is 6.61 Å². The van der Waals surface area contributed by atoms with Crippen LogP contribution < -0.4 is 20.1 Å². The van der Waals surface area contributed by atoms with Gasteiger partial charge >= 0.3 is 0 Å². The van der Waals surface area contributed by atoms with Crippen LogP contribution in [0.2, 0.25) is 0 Å². The summed E-state index contributed by atoms with van der Waals surface area (Å²) in [5, 5.41) is 8.19. The Bertz CT molecular complexity index is 1220. The summed E-state index contributed by atoms with van der Waals surface area (Å²) in [7, 11) is 1.54. The lowest BCUT2D eigenvalue weighted by molar-refractivity contribution is -0.118. The number of carbonyl (C=O) groups excluding carboxylic acids is 2. The Kier molecular flexibility index (Phi) is 6.04. The van der Waals surface area contributed by atoms with E-state index in [1.165, 1.54) is 17.7 Å². The molecule has 4 rings (SSSR count). The Balaban J connectivity index is 1.34. The van der Waals surface area contributed by atoms with E-state index in [1.807, 2.05) is 23.6 Å². The molecule has 0 spiro atoms. The Morgan fingerprint density at radius 2 is 1.81 bits per heavy atom. The molecule has 0 aliphatic carbocycles. The summed E-state index contributed by atoms with van der Waals surface area (Å²) in [6, 6.07) is 15.6. The summed E-state index contributed by atoms with van der Waals surface area (Å²) in [4.78, 5) is 33.7. The largest absolute Gasteiger partial charge is 0.495 e. The van der Waals surface area contributed by atoms with Gasteiger partial charge < -0.3 is 20.1 Å². The van der Waals surface area contributed by atoms with Crippen LogP contribution in [0.25, 0.3) is 10.2 Å². The lowest BCUT2D eigenvalue weighted by atomic mass is 10.2. The summed E-state index contributed by atoms with van der Waals surface area (Å²) in [6.45, 7) is -0.196. The molecule has 2 amide bonds. The smallest absolute Gasteiger partial charge is 0.262 e. The third kappa shape index (κ3) is 4.78. The normalized spacial score (nSPS) is 10.5. The van der Waals surface area contributed by atoms with Crippen molar-refractivity contribution in [3.63, 3.8) is 0 Å². The minimum atomic E-state index is -0.340. The zero-order valence-corrected chi connectivity index (χ0v) is 17.3. The Morgan fingerprint density at radius 3 is 2.61 bits per heavy atom. The number of benzene rings is 2. The predicted molar refractivity (Wildman–Crippen MR) is 119 cm³/mol. The van der Waals surface area contributed by atoms with Gasteiger partial charge in [0.25, 0.3) is 11.8 Å². The summed E-state index contributed by atoms with van der Waals surface area (Å²) >= 11 is 1.47. The molecule has 0 fully saturated rings. The second kappa shape index (κ2) is 9.23. The van der Waals surface area contributed by atoms with Crippen molar-refractivity contribution in [3.8, 4) is 11.6 Å². The number of nitrogens with one attached hydrogen (secondary N) is 2. The van der Waals surface area contributed by atoms with Crippen LogP contribution in [-0.2, 0) is 4.79 Å². The highest BCUT2D eigenvalue weighted by molar-refractivity contribution is 7.16. The lowest BCUT2D eigenvalue weighted by Gasteiger charge is -2.10. The number of ether oxygens (including phenoxy) is 2. The molecule has 31 heavy (non-hydrogen) atoms. The summed E-state index contributed by atoms with van der Waals surface area (Å²) < 4.78 is 10.8. The van der Waals surface area contributed by atoms with Crippen molar-refractivity contribution in [3.05, 3.63) is 71.9 Å². The van der Waals surface area contributed by atoms with Crippen LogP contribution in [0.5, 0.6) is 11.6 Å². The Hall–Kier alpha value is -3.98. The van der Waals surface area contributed by atoms with Crippen molar-refractivity contribution >= 4 is 44.7 Å². The first-order chi connectivity index (χ1) is 15.1. The molecule has 0 radical (unpaired) electrons. The van der Waals surface area contributed by atoms with Crippen LogP contribution in [-0.4, -0.2) is 35.5 Å². The van der Waals surface area contributed by atoms with Crippen LogP contribution in [0.3, 0.4) is 0 Å². The van der Waals surface area contributed by atoms with Crippen LogP contribution >= 0.6 is 11.3 Å². The van der Waals surface area contributed by atoms with Gasteiger partial charge in [-0.2, -0.15) is 0 Å². The molecular formula is C22H18N4O4S. The van der Waals surface area contributed by atoms with E-state index in [9.17, 15) is 9.59 Å². The standard InChI is InChI=1S/C22H18N4O4S/c1-29-18-5-3-2-4-17(18)26-20(28)14-6-8-15(9-7-14)25-19(27)12-30-21-16-10-11-31-22(16)24-13-23-21/h2-11,13H,12H2,1H3,(H,25,27)(H,26,28). The van der Waals surface area contributed by atoms with Gasteiger partial charge in [-0.1, -0.05) is 12.1 Å². The maximum atomic E-state index is 12.5. The van der Waals surface area contributed by atoms with Crippen molar-refractivity contribution in [1.82, 2.24) is 9.97 Å². The molecule has 2 aromatic heterocycles. The Labute approximate surface area is 181 Å². The van der Waals surface area contributed by atoms with E-state index in [0.29, 0.717) is 28.6 Å². The SMILES string of the molecule is COc1ccccc1NC(=O)c1ccc(NC(=O)COc2ncnc3sccc23)cc1. The number of nitrogens with zero attached hydrogens (tertiary/aromatic N) is 2. The fourth-order valence-corrected chi connectivity index (χ4v) is 3.58. The quantitative estimate of drug-likeness (QED) is 0.456. The third-order valence-corrected chi connectivity index (χ3v) is 5.17. The first-order valence-corrected chi connectivity index (χ1v) is 10.2. The molecule has 2 N–H and O–H groups in total. The molecule has 4 aromatic rings. The molecule has 0 aliphatic rings. The maximum absolute atomic E-state index is 12.5. The van der Waals surface area contributed by atoms with Crippen LogP contribution in [0, 0.1) is 0 Å². The summed E-state index contributed by atoms with van der Waals surface area (Å²) in [5.74, 6) is 0.315. The van der Waals surface area contributed by atoms with Gasteiger partial charge in [-0.15, -0.1) is 11.3 Å². The van der Waals surface area contributed by atoms with Gasteiger partial charge in [0, 0.05) is 11.3 Å². The number of aromatic nitrogens is 2. The molecular weight excluding hydrogens is 416 g/mol. The average Bonchev–Trinajstić information content (AvgIpc) is 3.28. The predicted octanol–water partition coefficient (Wildman–Crippen LogP) is 3.97. The maximum Gasteiger partial charge on any atom is 0.262 e. The molecule has 0 saturated carbocycles. The molecule has 0 saturated heterocycles. The molecule has 2 aromatic carbocycles. The summed E-state index contributed by atoms with van der Waals surface area (Å²) in [5.41, 5.74) is 1.57. The number of anilines is 2. The summed E-state index contributed by atoms with van der Waals surface area (Å²) in [6.07, 6.45) is 1.40. The van der Waals surface area contributed by atoms with Crippen molar-refractivity contribution in [2.24, 2.45) is 0 Å². The number of thiophene rings is 1. The Morgan fingerprint density at radius 1 is 1.00 bits per heavy atom. The van der Waals surface area contributed by atoms with Crippen molar-refractivity contribution in [1.29, 1.82) is 0 Å². The molecule has 156 valence electrons. The highest BCUT2D eigenvalue weighted by atomic mass is 32.1. The molecule has 0 aliphatic heterocycles. The second-order valence-electron chi connectivity index (χ2n) is 6.39. The number of hydrogen-bond acceptors (Lipinski definition) is 7. The van der Waals surface area contributed by atoms with E-state index >= 15 is 0 Å². The van der Waals surface area contributed by atoms with E-state index in [4.69, 9.17) is 9.47 Å². The minimum Gasteiger partial charge on any atom is -0.495 e. The highest BCUT2D eigenvalue weighted by Crippen LogP contribution is 2.26. The number of amides is 2. The number of para-hydroxylation sites is 2. The fraction of sp³-hybridized carbons (Fsp3) is 0.0909. The number of fused-ring (bicyclic) bond motifs is 1. The first-order valence-electron chi connectivity index (χ1n) is 9.29. The number of methoxy groups -OCH3 is 1. The first kappa shape index (κ1) is 20.3. The van der Waals surface area contributed by atoms with E-state index in [-0.39, 0.29) is 18.4 Å². The van der Waals surface area contributed by atoms with Crippen molar-refractivity contribution in [2.75, 3.05) is 24.4 Å². The highest BCUT2D eigenvalue weighted by Gasteiger charge is 2.11. The number of carbonyl (C=O) groups is 2. The second-order valence-corrected chi connectivity index (χ2v) is 7.28. The topological polar surface area (TPSA) is 102 Å². The van der Waals surface area contributed by atoms with E-state index < -0.39 is 0 Å². The van der Waals surface area contributed by atoms with Gasteiger partial charge in [-0.25, -0.2) is 9.97 Å². The fourth-order valence-electron chi connectivity index (χ4n) is 2.86. The molecule has 2 heterocycles. The van der Waals surface area contributed by atoms with Crippen LogP contribution in [0.4, 0.5) is 11.4 Å². The molecule has 0 bridgehead atoms. The monoisotopic (exact) mass is 434 g/mol. The van der Waals surface area contributed by atoms with Gasteiger partial charge in [0.1, 0.15) is 16.9 Å². The number of hydrogen-bond donors (Lipinski definition) is 2. The zero-order chi connectivity index (χ0) is 21.6. The van der Waals surface area contributed by atoms with Crippen molar-refractivity contribution < 1.29 is 19.1 Å². The van der Waals surface area contributed by atoms with E-state index in [2.05, 4.69) is 20.6 Å². The molecule has 0 atom stereocenters. The number of rotatable bonds is 7. The molecule has 0 unspecified atom stereocenters. The minimum absolute atomic E-state index is 0.196. The van der Waals surface area contributed by atoms with Gasteiger partial charge in [-0.05, 0) is 47.8 Å². The third-order valence-electron chi connectivity index (χ3n) is 4.35. The van der Waals surface area contributed by atoms with Crippen LogP contribution in [0.15, 0.2) is 66.3 Å². The molecule has 8 nitrogen and oxygen atoms in total. The van der Waals surface area contributed by atoms with Gasteiger partial charge in [0.05, 0.1) is 18.2 Å². The van der Waals surface area contributed by atoms with E-state index in [1.54, 1.807) is 43.5 Å². The average molecular weight is 434 g/mol. The van der Waals surface area contributed by atoms with Crippen LogP contribution in [0.1, 0.15) is 10.4 Å². The van der Waals surface area contributed by atoms with E-state index in [0.717, 1.165) is 10.2 Å². The van der Waals surface area contributed by atoms with Gasteiger partial charge in [-0.3, -0.25) is 9.59 Å². The zero-order valence-electron chi connectivity index (χ0n) is 16.5. The van der Waals surface area contributed by atoms with Crippen molar-refractivity contribution in [2.45, 2.75) is 0 Å². The lowest BCUT2D eigenvalue weighted by Crippen LogP contribution is -2.20. The van der Waals surface area contributed by atoms with Gasteiger partial charge in [0.2, 0.25) is 5.88 Å².